The highest BCUT2D eigenvalue weighted by atomic mass is 16.4. The molecule has 1 heterocycles. The lowest BCUT2D eigenvalue weighted by Gasteiger charge is -2.40. The van der Waals surface area contributed by atoms with Crippen LogP contribution in [0.5, 0.6) is 0 Å². The highest BCUT2D eigenvalue weighted by Gasteiger charge is 2.35. The Morgan fingerprint density at radius 3 is 2.79 bits per heavy atom. The molecule has 1 saturated heterocycles. The van der Waals surface area contributed by atoms with E-state index in [0.29, 0.717) is 13.1 Å². The maximum atomic E-state index is 12.3. The van der Waals surface area contributed by atoms with Gasteiger partial charge in [0.1, 0.15) is 0 Å². The first-order valence-electron chi connectivity index (χ1n) is 6.95. The van der Waals surface area contributed by atoms with Crippen molar-refractivity contribution in [1.29, 1.82) is 0 Å². The number of carbonyl (C=O) groups is 2. The van der Waals surface area contributed by atoms with E-state index in [0.717, 1.165) is 32.4 Å². The number of amides is 1. The van der Waals surface area contributed by atoms with Crippen LogP contribution in [0.1, 0.15) is 32.6 Å². The molecular formula is C14H24N2O3. The van der Waals surface area contributed by atoms with E-state index in [1.165, 1.54) is 0 Å². The summed E-state index contributed by atoms with van der Waals surface area (Å²) in [6.07, 6.45) is 4.44. The van der Waals surface area contributed by atoms with Gasteiger partial charge in [0.25, 0.3) is 0 Å². The molecule has 0 aromatic carbocycles. The van der Waals surface area contributed by atoms with Crippen LogP contribution in [0, 0.1) is 0 Å². The zero-order valence-corrected chi connectivity index (χ0v) is 11.7. The molecule has 0 aliphatic carbocycles. The van der Waals surface area contributed by atoms with Crippen molar-refractivity contribution in [2.75, 3.05) is 26.2 Å². The summed E-state index contributed by atoms with van der Waals surface area (Å²) in [5.41, 5.74) is 0. The summed E-state index contributed by atoms with van der Waals surface area (Å²) < 4.78 is 0. The van der Waals surface area contributed by atoms with Crippen LogP contribution in [0.3, 0.4) is 0 Å². The zero-order valence-electron chi connectivity index (χ0n) is 11.7. The number of piperazine rings is 1. The molecule has 1 rings (SSSR count). The predicted octanol–water partition coefficient (Wildman–Crippen LogP) is 1.35. The Bertz CT molecular complexity index is 331. The van der Waals surface area contributed by atoms with Crippen LogP contribution < -0.4 is 0 Å². The second kappa shape index (κ2) is 7.94. The van der Waals surface area contributed by atoms with Gasteiger partial charge in [-0.05, 0) is 25.8 Å². The molecule has 108 valence electrons. The van der Waals surface area contributed by atoms with Crippen LogP contribution in [-0.2, 0) is 9.59 Å². The van der Waals surface area contributed by atoms with Gasteiger partial charge in [-0.1, -0.05) is 13.0 Å². The van der Waals surface area contributed by atoms with Crippen molar-refractivity contribution in [3.63, 3.8) is 0 Å². The van der Waals surface area contributed by atoms with Gasteiger partial charge in [-0.2, -0.15) is 0 Å². The molecule has 0 bridgehead atoms. The molecule has 1 amide bonds. The van der Waals surface area contributed by atoms with Gasteiger partial charge in [-0.25, -0.2) is 0 Å². The second-order valence-corrected chi connectivity index (χ2v) is 4.91. The highest BCUT2D eigenvalue weighted by molar-refractivity contribution is 5.86. The van der Waals surface area contributed by atoms with Crippen molar-refractivity contribution in [2.45, 2.75) is 38.6 Å². The maximum absolute atomic E-state index is 12.3. The first-order chi connectivity index (χ1) is 9.10. The Balaban J connectivity index is 2.64. The Hall–Kier alpha value is -1.36. The first-order valence-corrected chi connectivity index (χ1v) is 6.95. The minimum Gasteiger partial charge on any atom is -0.481 e. The molecule has 0 aromatic heterocycles. The molecule has 5 nitrogen and oxygen atoms in total. The fourth-order valence-electron chi connectivity index (χ4n) is 2.47. The van der Waals surface area contributed by atoms with Crippen LogP contribution in [0.2, 0.25) is 0 Å². The van der Waals surface area contributed by atoms with Crippen molar-refractivity contribution in [1.82, 2.24) is 9.80 Å². The summed E-state index contributed by atoms with van der Waals surface area (Å²) in [7, 11) is 0. The van der Waals surface area contributed by atoms with Gasteiger partial charge in [0, 0.05) is 19.6 Å². The lowest BCUT2D eigenvalue weighted by Crippen LogP contribution is -2.57. The van der Waals surface area contributed by atoms with Gasteiger partial charge in [0.2, 0.25) is 5.91 Å². The number of rotatable bonds is 8. The van der Waals surface area contributed by atoms with Crippen LogP contribution in [0.4, 0.5) is 0 Å². The normalized spacial score (nSPS) is 20.6. The Morgan fingerprint density at radius 1 is 1.47 bits per heavy atom. The number of nitrogens with zero attached hydrogens (tertiary/aromatic N) is 2. The van der Waals surface area contributed by atoms with E-state index in [1.807, 2.05) is 17.9 Å². The number of carboxylic acid groups (broad SMARTS) is 1. The molecule has 0 aromatic rings. The molecule has 19 heavy (non-hydrogen) atoms. The van der Waals surface area contributed by atoms with Gasteiger partial charge in [0.05, 0.1) is 12.5 Å². The van der Waals surface area contributed by atoms with Crippen molar-refractivity contribution >= 4 is 11.9 Å². The number of aliphatic carboxylic acids is 1. The summed E-state index contributed by atoms with van der Waals surface area (Å²) in [5.74, 6) is -0.946. The molecule has 1 aliphatic rings. The second-order valence-electron chi connectivity index (χ2n) is 4.91. The van der Waals surface area contributed by atoms with Crippen molar-refractivity contribution in [2.24, 2.45) is 0 Å². The standard InChI is InChI=1S/C14H24N2O3/c1-3-5-6-8-16-10-9-15(7-4-2)12(14(16)19)11-13(17)18/h3,12H,1,4-11H2,2H3,(H,17,18). The van der Waals surface area contributed by atoms with Crippen molar-refractivity contribution in [3.8, 4) is 0 Å². The number of carboxylic acids is 1. The third-order valence-electron chi connectivity index (χ3n) is 3.41. The maximum Gasteiger partial charge on any atom is 0.305 e. The van der Waals surface area contributed by atoms with E-state index >= 15 is 0 Å². The Labute approximate surface area is 114 Å². The zero-order chi connectivity index (χ0) is 14.3. The van der Waals surface area contributed by atoms with Crippen LogP contribution in [0.25, 0.3) is 0 Å². The summed E-state index contributed by atoms with van der Waals surface area (Å²) >= 11 is 0. The number of allylic oxidation sites excluding steroid dienone is 1. The predicted molar refractivity (Wildman–Crippen MR) is 73.9 cm³/mol. The smallest absolute Gasteiger partial charge is 0.305 e. The molecule has 0 spiro atoms. The van der Waals surface area contributed by atoms with Crippen molar-refractivity contribution < 1.29 is 14.7 Å². The number of unbranched alkanes of at least 4 members (excludes halogenated alkanes) is 1. The van der Waals surface area contributed by atoms with E-state index in [9.17, 15) is 9.59 Å². The number of hydrogen-bond donors (Lipinski definition) is 1. The molecule has 1 unspecified atom stereocenters. The number of carbonyl (C=O) groups excluding carboxylic acids is 1. The fourth-order valence-corrected chi connectivity index (χ4v) is 2.47. The van der Waals surface area contributed by atoms with Gasteiger partial charge in [0.15, 0.2) is 0 Å². The quantitative estimate of drug-likeness (QED) is 0.533. The number of hydrogen-bond acceptors (Lipinski definition) is 3. The Kier molecular flexibility index (Phi) is 6.56. The average molecular weight is 268 g/mol. The summed E-state index contributed by atoms with van der Waals surface area (Å²) in [6.45, 7) is 8.65. The molecule has 0 saturated carbocycles. The SMILES string of the molecule is C=CCCCN1CCN(CCC)C(CC(=O)O)C1=O. The molecular weight excluding hydrogens is 244 g/mol. The average Bonchev–Trinajstić information content (AvgIpc) is 2.36. The molecule has 1 atom stereocenters. The van der Waals surface area contributed by atoms with Gasteiger partial charge >= 0.3 is 5.97 Å². The van der Waals surface area contributed by atoms with Crippen molar-refractivity contribution in [3.05, 3.63) is 12.7 Å². The third kappa shape index (κ3) is 4.67. The topological polar surface area (TPSA) is 60.9 Å². The molecule has 0 radical (unpaired) electrons. The summed E-state index contributed by atoms with van der Waals surface area (Å²) in [4.78, 5) is 27.1. The van der Waals surface area contributed by atoms with E-state index in [2.05, 4.69) is 6.58 Å². The lowest BCUT2D eigenvalue weighted by molar-refractivity contribution is -0.149. The summed E-state index contributed by atoms with van der Waals surface area (Å²) in [6, 6.07) is -0.491. The van der Waals surface area contributed by atoms with E-state index in [-0.39, 0.29) is 12.3 Å². The van der Waals surface area contributed by atoms with Gasteiger partial charge in [-0.15, -0.1) is 6.58 Å². The van der Waals surface area contributed by atoms with Crippen LogP contribution in [0.15, 0.2) is 12.7 Å². The van der Waals surface area contributed by atoms with E-state index in [1.54, 1.807) is 4.90 Å². The van der Waals surface area contributed by atoms with Gasteiger partial charge in [-0.3, -0.25) is 14.5 Å². The van der Waals surface area contributed by atoms with E-state index in [4.69, 9.17) is 5.11 Å². The fraction of sp³-hybridized carbons (Fsp3) is 0.714. The largest absolute Gasteiger partial charge is 0.481 e. The third-order valence-corrected chi connectivity index (χ3v) is 3.41. The van der Waals surface area contributed by atoms with Gasteiger partial charge < -0.3 is 10.0 Å². The highest BCUT2D eigenvalue weighted by Crippen LogP contribution is 2.16. The molecule has 5 heteroatoms. The first kappa shape index (κ1) is 15.7. The molecule has 1 fully saturated rings. The summed E-state index contributed by atoms with van der Waals surface area (Å²) in [5, 5.41) is 8.96. The minimum atomic E-state index is -0.910. The molecule has 1 N–H and O–H groups in total. The van der Waals surface area contributed by atoms with Crippen LogP contribution >= 0.6 is 0 Å². The Morgan fingerprint density at radius 2 is 2.21 bits per heavy atom. The minimum absolute atomic E-state index is 0.0360. The monoisotopic (exact) mass is 268 g/mol. The van der Waals surface area contributed by atoms with E-state index < -0.39 is 12.0 Å². The van der Waals surface area contributed by atoms with Crippen LogP contribution in [-0.4, -0.2) is 59.0 Å². The molecule has 1 aliphatic heterocycles. The lowest BCUT2D eigenvalue weighted by atomic mass is 10.1.